The van der Waals surface area contributed by atoms with Gasteiger partial charge in [0.2, 0.25) is 11.1 Å². The van der Waals surface area contributed by atoms with Crippen LogP contribution in [0.1, 0.15) is 36.6 Å². The van der Waals surface area contributed by atoms with Crippen LogP contribution in [0.15, 0.2) is 66.7 Å². The second-order valence-electron chi connectivity index (χ2n) is 8.23. The largest absolute Gasteiger partial charge is 0.400 e. The number of nitrogens with one attached hydrogen (secondary N) is 2. The zero-order chi connectivity index (χ0) is 25.4. The highest BCUT2D eigenvalue weighted by Gasteiger charge is 2.12. The van der Waals surface area contributed by atoms with E-state index in [1.165, 1.54) is 17.7 Å². The van der Waals surface area contributed by atoms with Gasteiger partial charge in [-0.1, -0.05) is 31.2 Å². The molecule has 2 unspecified atom stereocenters. The first kappa shape index (κ1) is 26.3. The van der Waals surface area contributed by atoms with E-state index in [0.717, 1.165) is 24.7 Å². The molecule has 0 radical (unpaired) electrons. The van der Waals surface area contributed by atoms with E-state index in [9.17, 15) is 17.8 Å². The van der Waals surface area contributed by atoms with Gasteiger partial charge in [-0.2, -0.15) is 0 Å². The van der Waals surface area contributed by atoms with E-state index in [0.29, 0.717) is 17.0 Å². The van der Waals surface area contributed by atoms with Gasteiger partial charge >= 0.3 is 6.03 Å². The molecule has 35 heavy (non-hydrogen) atoms. The van der Waals surface area contributed by atoms with Gasteiger partial charge in [0, 0.05) is 18.3 Å². The standard InChI is InChI=1S/C26H29F2N3O3S/c1-4-31(3)16-19-5-7-20(8-6-19)17-35(33)34-25-11-9-24(10-12-25)30-26(32)29-18(2)21-13-22(27)15-23(28)14-21/h5-15,18H,4,16-17H2,1-3H3,(H2,29,30,32). The fourth-order valence-electron chi connectivity index (χ4n) is 3.30. The molecule has 0 fully saturated rings. The number of hydrogen-bond donors (Lipinski definition) is 2. The number of carbonyl (C=O) groups excluding carboxylic acids is 1. The molecule has 6 nitrogen and oxygen atoms in total. The molecule has 2 atom stereocenters. The third-order valence-electron chi connectivity index (χ3n) is 5.33. The van der Waals surface area contributed by atoms with E-state index in [2.05, 4.69) is 29.5 Å². The number of rotatable bonds is 10. The quantitative estimate of drug-likeness (QED) is 0.383. The average Bonchev–Trinajstić information content (AvgIpc) is 2.80. The molecule has 9 heteroatoms. The van der Waals surface area contributed by atoms with Crippen molar-refractivity contribution in [2.24, 2.45) is 0 Å². The second kappa shape index (κ2) is 12.4. The summed E-state index contributed by atoms with van der Waals surface area (Å²) in [6.07, 6.45) is 0. The van der Waals surface area contributed by atoms with Crippen molar-refractivity contribution in [1.29, 1.82) is 0 Å². The fourth-order valence-corrected chi connectivity index (χ4v) is 4.15. The normalized spacial score (nSPS) is 12.7. The Morgan fingerprint density at radius 1 is 1.00 bits per heavy atom. The summed E-state index contributed by atoms with van der Waals surface area (Å²) in [5, 5.41) is 5.27. The van der Waals surface area contributed by atoms with E-state index >= 15 is 0 Å². The van der Waals surface area contributed by atoms with Crippen LogP contribution in [0.3, 0.4) is 0 Å². The summed E-state index contributed by atoms with van der Waals surface area (Å²) in [4.78, 5) is 14.4. The van der Waals surface area contributed by atoms with Gasteiger partial charge in [-0.25, -0.2) is 17.8 Å². The summed E-state index contributed by atoms with van der Waals surface area (Å²) in [6, 6.07) is 16.3. The lowest BCUT2D eigenvalue weighted by Gasteiger charge is -2.15. The monoisotopic (exact) mass is 501 g/mol. The van der Waals surface area contributed by atoms with E-state index in [1.54, 1.807) is 31.2 Å². The summed E-state index contributed by atoms with van der Waals surface area (Å²) < 4.78 is 44.7. The summed E-state index contributed by atoms with van der Waals surface area (Å²) >= 11 is -1.56. The van der Waals surface area contributed by atoms with Crippen LogP contribution in [0.4, 0.5) is 19.3 Å². The maximum Gasteiger partial charge on any atom is 0.319 e. The number of carbonyl (C=O) groups is 1. The summed E-state index contributed by atoms with van der Waals surface area (Å²) in [5.74, 6) is -0.762. The number of nitrogens with zero attached hydrogens (tertiary/aromatic N) is 1. The molecule has 0 aromatic heterocycles. The minimum absolute atomic E-state index is 0.255. The molecule has 186 valence electrons. The third-order valence-corrected chi connectivity index (χ3v) is 6.28. The van der Waals surface area contributed by atoms with Crippen molar-refractivity contribution < 1.29 is 22.0 Å². The van der Waals surface area contributed by atoms with Gasteiger partial charge in [-0.3, -0.25) is 0 Å². The predicted molar refractivity (Wildman–Crippen MR) is 134 cm³/mol. The fraction of sp³-hybridized carbons (Fsp3) is 0.269. The number of hydrogen-bond acceptors (Lipinski definition) is 4. The maximum atomic E-state index is 13.4. The predicted octanol–water partition coefficient (Wildman–Crippen LogP) is 5.54. The molecule has 0 aliphatic heterocycles. The van der Waals surface area contributed by atoms with Crippen molar-refractivity contribution in [1.82, 2.24) is 10.2 Å². The summed E-state index contributed by atoms with van der Waals surface area (Å²) in [7, 11) is 2.06. The molecular weight excluding hydrogens is 472 g/mol. The number of urea groups is 1. The highest BCUT2D eigenvalue weighted by molar-refractivity contribution is 7.79. The van der Waals surface area contributed by atoms with E-state index in [-0.39, 0.29) is 5.75 Å². The molecule has 0 heterocycles. The zero-order valence-corrected chi connectivity index (χ0v) is 20.7. The van der Waals surface area contributed by atoms with Gasteiger partial charge in [0.05, 0.1) is 11.8 Å². The average molecular weight is 502 g/mol. The van der Waals surface area contributed by atoms with Crippen molar-refractivity contribution in [3.05, 3.63) is 95.1 Å². The number of anilines is 1. The van der Waals surface area contributed by atoms with Crippen LogP contribution in [0.2, 0.25) is 0 Å². The van der Waals surface area contributed by atoms with E-state index in [4.69, 9.17) is 4.18 Å². The SMILES string of the molecule is CCN(C)Cc1ccc(CS(=O)Oc2ccc(NC(=O)NC(C)c3cc(F)cc(F)c3)cc2)cc1. The zero-order valence-electron chi connectivity index (χ0n) is 19.9. The third kappa shape index (κ3) is 8.45. The highest BCUT2D eigenvalue weighted by atomic mass is 32.2. The first-order valence-electron chi connectivity index (χ1n) is 11.2. The van der Waals surface area contributed by atoms with Crippen LogP contribution in [0, 0.1) is 11.6 Å². The lowest BCUT2D eigenvalue weighted by Crippen LogP contribution is -2.31. The Bertz CT molecular complexity index is 1140. The highest BCUT2D eigenvalue weighted by Crippen LogP contribution is 2.19. The Balaban J connectivity index is 1.48. The van der Waals surface area contributed by atoms with Gasteiger partial charge in [0.1, 0.15) is 17.4 Å². The minimum atomic E-state index is -1.56. The van der Waals surface area contributed by atoms with Gasteiger partial charge in [-0.05, 0) is 73.6 Å². The number of benzene rings is 3. The molecule has 3 aromatic carbocycles. The molecule has 0 saturated carbocycles. The first-order chi connectivity index (χ1) is 16.7. The Labute approximate surface area is 207 Å². The van der Waals surface area contributed by atoms with Gasteiger partial charge in [0.15, 0.2) is 0 Å². The molecule has 0 aliphatic carbocycles. The summed E-state index contributed by atoms with van der Waals surface area (Å²) in [5.41, 5.74) is 2.89. The molecule has 2 amide bonds. The van der Waals surface area contributed by atoms with Gasteiger partial charge < -0.3 is 19.7 Å². The van der Waals surface area contributed by atoms with E-state index < -0.39 is 34.8 Å². The molecule has 3 rings (SSSR count). The Morgan fingerprint density at radius 2 is 1.60 bits per heavy atom. The van der Waals surface area contributed by atoms with Crippen LogP contribution in [-0.4, -0.2) is 28.7 Å². The Hall–Kier alpha value is -3.30. The van der Waals surface area contributed by atoms with Crippen molar-refractivity contribution in [3.8, 4) is 5.75 Å². The van der Waals surface area contributed by atoms with Gasteiger partial charge in [-0.15, -0.1) is 0 Å². The number of amides is 2. The Kier molecular flexibility index (Phi) is 9.33. The lowest BCUT2D eigenvalue weighted by atomic mass is 10.1. The van der Waals surface area contributed by atoms with Crippen LogP contribution in [-0.2, 0) is 23.4 Å². The van der Waals surface area contributed by atoms with Gasteiger partial charge in [0.25, 0.3) is 0 Å². The number of halogens is 2. The molecule has 0 aliphatic rings. The minimum Gasteiger partial charge on any atom is -0.400 e. The molecule has 3 aromatic rings. The molecule has 0 bridgehead atoms. The molecule has 0 saturated heterocycles. The van der Waals surface area contributed by atoms with Crippen LogP contribution >= 0.6 is 0 Å². The van der Waals surface area contributed by atoms with Crippen molar-refractivity contribution in [3.63, 3.8) is 0 Å². The summed E-state index contributed by atoms with van der Waals surface area (Å²) in [6.45, 7) is 5.55. The molecular formula is C26H29F2N3O3S. The second-order valence-corrected chi connectivity index (χ2v) is 9.29. The van der Waals surface area contributed by atoms with Crippen molar-refractivity contribution in [2.75, 3.05) is 18.9 Å². The van der Waals surface area contributed by atoms with Crippen molar-refractivity contribution in [2.45, 2.75) is 32.2 Å². The maximum absolute atomic E-state index is 13.4. The first-order valence-corrected chi connectivity index (χ1v) is 12.4. The smallest absolute Gasteiger partial charge is 0.319 e. The molecule has 0 spiro atoms. The Morgan fingerprint density at radius 3 is 2.20 bits per heavy atom. The topological polar surface area (TPSA) is 70.7 Å². The lowest BCUT2D eigenvalue weighted by molar-refractivity contribution is 0.249. The van der Waals surface area contributed by atoms with Crippen molar-refractivity contribution >= 4 is 22.8 Å². The van der Waals surface area contributed by atoms with E-state index in [1.807, 2.05) is 24.3 Å². The van der Waals surface area contributed by atoms with Crippen LogP contribution < -0.4 is 14.8 Å². The molecule has 2 N–H and O–H groups in total. The van der Waals surface area contributed by atoms with Crippen LogP contribution in [0.25, 0.3) is 0 Å². The van der Waals surface area contributed by atoms with Crippen LogP contribution in [0.5, 0.6) is 5.75 Å².